The number of aromatic hydroxyl groups is 1. The van der Waals surface area contributed by atoms with Gasteiger partial charge >= 0.3 is 0 Å². The molecule has 1 aromatic carbocycles. The Kier molecular flexibility index (Phi) is 5.29. The van der Waals surface area contributed by atoms with Crippen LogP contribution < -0.4 is 16.1 Å². The Morgan fingerprint density at radius 2 is 1.73 bits per heavy atom. The number of hydrogen-bond acceptors (Lipinski definition) is 8. The van der Waals surface area contributed by atoms with Crippen molar-refractivity contribution in [2.45, 2.75) is 6.54 Å². The average Bonchev–Trinajstić information content (AvgIpc) is 3.53. The summed E-state index contributed by atoms with van der Waals surface area (Å²) in [5.74, 6) is 0.229. The van der Waals surface area contributed by atoms with Crippen molar-refractivity contribution in [3.63, 3.8) is 0 Å². The van der Waals surface area contributed by atoms with Gasteiger partial charge in [-0.15, -0.1) is 10.2 Å². The molecule has 10 nitrogen and oxygen atoms in total. The predicted octanol–water partition coefficient (Wildman–Crippen LogP) is 2.40. The Morgan fingerprint density at radius 3 is 2.45 bits per heavy atom. The van der Waals surface area contributed by atoms with E-state index in [0.717, 1.165) is 15.8 Å². The number of nitrogens with one attached hydrogen (secondary N) is 2. The van der Waals surface area contributed by atoms with Crippen LogP contribution in [0.5, 0.6) is 5.88 Å². The fraction of sp³-hybridized carbons (Fsp3) is 0.0455. The summed E-state index contributed by atoms with van der Waals surface area (Å²) in [4.78, 5) is 22.6. The Balaban J connectivity index is 1.58. The molecule has 0 aliphatic carbocycles. The van der Waals surface area contributed by atoms with Crippen LogP contribution in [-0.4, -0.2) is 24.6 Å². The van der Waals surface area contributed by atoms with E-state index in [9.17, 15) is 9.90 Å². The van der Waals surface area contributed by atoms with Gasteiger partial charge in [-0.05, 0) is 58.2 Å². The molecule has 4 aromatic rings. The van der Waals surface area contributed by atoms with Crippen LogP contribution >= 0.6 is 12.2 Å². The molecule has 0 amide bonds. The summed E-state index contributed by atoms with van der Waals surface area (Å²) < 4.78 is 1.55. The fourth-order valence-electron chi connectivity index (χ4n) is 3.38. The minimum atomic E-state index is -0.479. The third-order valence-electron chi connectivity index (χ3n) is 5.03. The van der Waals surface area contributed by atoms with Gasteiger partial charge in [0.1, 0.15) is 5.56 Å². The fourth-order valence-corrected chi connectivity index (χ4v) is 3.63. The highest BCUT2D eigenvalue weighted by Crippen LogP contribution is 2.15. The van der Waals surface area contributed by atoms with Gasteiger partial charge < -0.3 is 10.1 Å². The molecule has 0 saturated heterocycles. The van der Waals surface area contributed by atoms with E-state index in [0.29, 0.717) is 16.9 Å². The summed E-state index contributed by atoms with van der Waals surface area (Å²) in [5.41, 5.74) is 0.315. The molecule has 5 rings (SSSR count). The Labute approximate surface area is 190 Å². The predicted molar refractivity (Wildman–Crippen MR) is 122 cm³/mol. The minimum Gasteiger partial charge on any atom is -0.494 e. The summed E-state index contributed by atoms with van der Waals surface area (Å²) >= 11 is 5.24. The highest BCUT2D eigenvalue weighted by Gasteiger charge is 2.11. The van der Waals surface area contributed by atoms with E-state index in [1.165, 1.54) is 4.57 Å². The number of aromatic amines is 2. The smallest absolute Gasteiger partial charge is 0.262 e. The first kappa shape index (κ1) is 20.4. The van der Waals surface area contributed by atoms with Gasteiger partial charge in [-0.2, -0.15) is 0 Å². The van der Waals surface area contributed by atoms with Gasteiger partial charge in [0.2, 0.25) is 11.7 Å². The van der Waals surface area contributed by atoms with Crippen molar-refractivity contribution in [2.75, 3.05) is 0 Å². The molecule has 1 aliphatic rings. The quantitative estimate of drug-likeness (QED) is 0.408. The summed E-state index contributed by atoms with van der Waals surface area (Å²) in [5, 5.41) is 28.7. The van der Waals surface area contributed by atoms with Crippen LogP contribution in [0.25, 0.3) is 11.9 Å². The second-order valence-electron chi connectivity index (χ2n) is 7.16. The lowest BCUT2D eigenvalue weighted by Crippen LogP contribution is -2.19. The van der Waals surface area contributed by atoms with Crippen molar-refractivity contribution in [2.24, 2.45) is 20.7 Å². The minimum absolute atomic E-state index is 0.0941. The second-order valence-corrected chi connectivity index (χ2v) is 7.54. The van der Waals surface area contributed by atoms with Gasteiger partial charge in [0.05, 0.1) is 12.2 Å². The molecule has 3 aromatic heterocycles. The van der Waals surface area contributed by atoms with Crippen molar-refractivity contribution in [3.05, 3.63) is 108 Å². The topological polar surface area (TPSA) is 136 Å². The first-order chi connectivity index (χ1) is 16.1. The molecule has 3 N–H and O–H groups in total. The molecule has 162 valence electrons. The lowest BCUT2D eigenvalue weighted by Gasteiger charge is -2.10. The van der Waals surface area contributed by atoms with E-state index in [1.54, 1.807) is 18.3 Å². The number of benzene rings is 1. The number of aromatic nitrogens is 4. The van der Waals surface area contributed by atoms with Crippen molar-refractivity contribution in [1.29, 1.82) is 0 Å². The lowest BCUT2D eigenvalue weighted by atomic mass is 10.2. The van der Waals surface area contributed by atoms with Gasteiger partial charge in [0.15, 0.2) is 4.77 Å². The maximum absolute atomic E-state index is 12.5. The maximum atomic E-state index is 12.5. The summed E-state index contributed by atoms with van der Waals surface area (Å²) in [6, 6.07) is 16.7. The number of nitrogens with zero attached hydrogens (tertiary/aromatic N) is 6. The van der Waals surface area contributed by atoms with Gasteiger partial charge in [-0.3, -0.25) is 19.3 Å². The Bertz CT molecular complexity index is 1710. The van der Waals surface area contributed by atoms with Gasteiger partial charge in [-0.25, -0.2) is 0 Å². The highest BCUT2D eigenvalue weighted by molar-refractivity contribution is 7.71. The van der Waals surface area contributed by atoms with Crippen LogP contribution in [0.15, 0.2) is 86.3 Å². The molecular formula is C22H16N8O2S. The van der Waals surface area contributed by atoms with E-state index in [-0.39, 0.29) is 22.8 Å². The van der Waals surface area contributed by atoms with Crippen molar-refractivity contribution >= 4 is 24.1 Å². The molecule has 1 aliphatic heterocycles. The molecule has 0 radical (unpaired) electrons. The Morgan fingerprint density at radius 1 is 0.970 bits per heavy atom. The molecule has 4 heterocycles. The number of hydrogen-bond donors (Lipinski definition) is 3. The zero-order valence-corrected chi connectivity index (χ0v) is 17.8. The zero-order valence-electron chi connectivity index (χ0n) is 17.0. The summed E-state index contributed by atoms with van der Waals surface area (Å²) in [7, 11) is 0. The molecule has 0 fully saturated rings. The van der Waals surface area contributed by atoms with Crippen LogP contribution in [0, 0.1) is 15.3 Å². The molecule has 0 bridgehead atoms. The number of rotatable bonds is 3. The Hall–Kier alpha value is -4.51. The second kappa shape index (κ2) is 8.55. The first-order valence-corrected chi connectivity index (χ1v) is 10.3. The third-order valence-corrected chi connectivity index (χ3v) is 5.36. The highest BCUT2D eigenvalue weighted by atomic mass is 32.1. The van der Waals surface area contributed by atoms with Crippen LogP contribution in [0.4, 0.5) is 0 Å². The first-order valence-electron chi connectivity index (χ1n) is 9.88. The van der Waals surface area contributed by atoms with E-state index in [1.807, 2.05) is 48.5 Å². The van der Waals surface area contributed by atoms with E-state index < -0.39 is 5.56 Å². The van der Waals surface area contributed by atoms with Gasteiger partial charge in [0, 0.05) is 22.1 Å². The molecule has 11 heteroatoms. The van der Waals surface area contributed by atoms with Gasteiger partial charge in [-0.1, -0.05) is 30.3 Å². The standard InChI is InChI=1S/C22H16N8O2S/c31-20-17(21(32)30(22(33)25-20)12-16-3-1-2-10-23-16)11-15-8-9-18(24-15)13-4-6-14(7-5-13)19-26-28-29-27-19/h1-11,24,32H,12H2,(H,25,31,33). The van der Waals surface area contributed by atoms with Crippen LogP contribution in [0.1, 0.15) is 11.3 Å². The molecule has 0 spiro atoms. The van der Waals surface area contributed by atoms with Gasteiger partial charge in [0.25, 0.3) is 5.56 Å². The van der Waals surface area contributed by atoms with Crippen LogP contribution in [-0.2, 0) is 6.54 Å². The largest absolute Gasteiger partial charge is 0.494 e. The molecule has 0 atom stereocenters. The summed E-state index contributed by atoms with van der Waals surface area (Å²) in [6.07, 6.45) is 3.23. The van der Waals surface area contributed by atoms with Crippen LogP contribution in [0.3, 0.4) is 0 Å². The molecule has 0 unspecified atom stereocenters. The van der Waals surface area contributed by atoms with E-state index in [2.05, 4.69) is 35.6 Å². The summed E-state index contributed by atoms with van der Waals surface area (Å²) in [6.45, 7) is 0.226. The van der Waals surface area contributed by atoms with Crippen molar-refractivity contribution < 1.29 is 5.11 Å². The SMILES string of the molecule is O=c1[nH]c(=S)n(Cc2ccccn2)c(O)c1C=c1ccc(=c2ccc(=C3N=NN=N3)cc2)[nH]1. The van der Waals surface area contributed by atoms with Crippen molar-refractivity contribution in [3.8, 4) is 5.88 Å². The molecular weight excluding hydrogens is 440 g/mol. The molecule has 33 heavy (non-hydrogen) atoms. The third kappa shape index (κ3) is 4.16. The van der Waals surface area contributed by atoms with E-state index in [4.69, 9.17) is 12.2 Å². The van der Waals surface area contributed by atoms with Crippen molar-refractivity contribution in [1.82, 2.24) is 19.5 Å². The van der Waals surface area contributed by atoms with E-state index >= 15 is 0 Å². The average molecular weight is 456 g/mol. The molecule has 0 saturated carbocycles. The number of pyridine rings is 1. The monoisotopic (exact) mass is 456 g/mol. The normalized spacial score (nSPS) is 13.2. The number of H-pyrrole nitrogens is 2. The van der Waals surface area contributed by atoms with Crippen LogP contribution in [0.2, 0.25) is 0 Å². The maximum Gasteiger partial charge on any atom is 0.262 e. The zero-order chi connectivity index (χ0) is 22.8. The lowest BCUT2D eigenvalue weighted by molar-refractivity contribution is 0.410.